The number of piperidine rings is 1. The molecule has 1 saturated heterocycles. The van der Waals surface area contributed by atoms with E-state index in [-0.39, 0.29) is 5.91 Å². The Morgan fingerprint density at radius 2 is 1.88 bits per heavy atom. The Labute approximate surface area is 154 Å². The van der Waals surface area contributed by atoms with Crippen LogP contribution in [0.5, 0.6) is 0 Å². The number of imidazole rings is 1. The molecule has 0 saturated carbocycles. The number of amides is 1. The smallest absolute Gasteiger partial charge is 0.224 e. The average molecular weight is 347 g/mol. The van der Waals surface area contributed by atoms with Gasteiger partial charge in [0.25, 0.3) is 0 Å². The first kappa shape index (κ1) is 16.8. The van der Waals surface area contributed by atoms with E-state index in [0.717, 1.165) is 36.4 Å². The maximum atomic E-state index is 12.8. The molecular formula is C22H25N3O. The van der Waals surface area contributed by atoms with E-state index in [2.05, 4.69) is 44.8 Å². The van der Waals surface area contributed by atoms with Crippen LogP contribution in [-0.2, 0) is 11.3 Å². The van der Waals surface area contributed by atoms with Gasteiger partial charge in [-0.3, -0.25) is 4.79 Å². The monoisotopic (exact) mass is 347 g/mol. The molecule has 1 amide bonds. The van der Waals surface area contributed by atoms with Gasteiger partial charge in [0.2, 0.25) is 5.91 Å². The Kier molecular flexibility index (Phi) is 4.74. The fourth-order valence-electron chi connectivity index (χ4n) is 4.04. The van der Waals surface area contributed by atoms with Crippen LogP contribution in [-0.4, -0.2) is 33.4 Å². The predicted molar refractivity (Wildman–Crippen MR) is 104 cm³/mol. The molecule has 4 heteroatoms. The number of likely N-dealkylation sites (tertiary alicyclic amines) is 1. The Hall–Kier alpha value is -2.62. The lowest BCUT2D eigenvalue weighted by Gasteiger charge is -2.33. The van der Waals surface area contributed by atoms with Gasteiger partial charge >= 0.3 is 0 Å². The maximum absolute atomic E-state index is 12.8. The summed E-state index contributed by atoms with van der Waals surface area (Å²) in [6.45, 7) is 4.42. The normalized spacial score (nSPS) is 17.6. The van der Waals surface area contributed by atoms with Crippen molar-refractivity contribution in [3.63, 3.8) is 0 Å². The zero-order chi connectivity index (χ0) is 17.9. The lowest BCUT2D eigenvalue weighted by atomic mass is 9.90. The molecule has 1 atom stereocenters. The molecule has 0 radical (unpaired) electrons. The predicted octanol–water partition coefficient (Wildman–Crippen LogP) is 4.14. The number of para-hydroxylation sites is 2. The van der Waals surface area contributed by atoms with Gasteiger partial charge in [-0.05, 0) is 37.5 Å². The number of nitrogens with zero attached hydrogens (tertiary/aromatic N) is 3. The van der Waals surface area contributed by atoms with Crippen LogP contribution < -0.4 is 0 Å². The van der Waals surface area contributed by atoms with Crippen LogP contribution in [0.15, 0.2) is 54.6 Å². The zero-order valence-electron chi connectivity index (χ0n) is 15.3. The van der Waals surface area contributed by atoms with Crippen LogP contribution in [0, 0.1) is 6.92 Å². The van der Waals surface area contributed by atoms with Gasteiger partial charge in [0.05, 0.1) is 11.0 Å². The summed E-state index contributed by atoms with van der Waals surface area (Å²) in [4.78, 5) is 19.5. The lowest BCUT2D eigenvalue weighted by molar-refractivity contribution is -0.132. The van der Waals surface area contributed by atoms with Crippen LogP contribution in [0.1, 0.15) is 36.6 Å². The standard InChI is InChI=1S/C22H25N3O/c1-17-23-20-11-5-6-12-21(20)25(17)15-13-22(26)24-14-7-10-19(16-24)18-8-3-2-4-9-18/h2-6,8-9,11-12,19H,7,10,13-16H2,1H3/t19-/m1/s1. The minimum atomic E-state index is 0.253. The second-order valence-corrected chi connectivity index (χ2v) is 7.14. The number of hydrogen-bond acceptors (Lipinski definition) is 2. The molecule has 1 aromatic heterocycles. The number of fused-ring (bicyclic) bond motifs is 1. The fraction of sp³-hybridized carbons (Fsp3) is 0.364. The van der Waals surface area contributed by atoms with Gasteiger partial charge in [0.1, 0.15) is 5.82 Å². The summed E-state index contributed by atoms with van der Waals surface area (Å²) in [5.41, 5.74) is 3.46. The second kappa shape index (κ2) is 7.32. The quantitative estimate of drug-likeness (QED) is 0.711. The van der Waals surface area contributed by atoms with Crippen LogP contribution in [0.2, 0.25) is 0 Å². The van der Waals surface area contributed by atoms with E-state index >= 15 is 0 Å². The van der Waals surface area contributed by atoms with Crippen LogP contribution in [0.25, 0.3) is 11.0 Å². The first-order valence-corrected chi connectivity index (χ1v) is 9.47. The van der Waals surface area contributed by atoms with Crippen LogP contribution >= 0.6 is 0 Å². The fourth-order valence-corrected chi connectivity index (χ4v) is 4.04. The molecule has 3 aromatic rings. The van der Waals surface area contributed by atoms with Crippen molar-refractivity contribution >= 4 is 16.9 Å². The van der Waals surface area contributed by atoms with E-state index in [1.54, 1.807) is 0 Å². The second-order valence-electron chi connectivity index (χ2n) is 7.14. The molecule has 2 aromatic carbocycles. The molecule has 1 aliphatic heterocycles. The number of benzene rings is 2. The summed E-state index contributed by atoms with van der Waals surface area (Å²) in [7, 11) is 0. The Bertz CT molecular complexity index is 900. The Morgan fingerprint density at radius 1 is 1.12 bits per heavy atom. The summed E-state index contributed by atoms with van der Waals surface area (Å²) in [6.07, 6.45) is 2.78. The molecule has 26 heavy (non-hydrogen) atoms. The molecular weight excluding hydrogens is 322 g/mol. The Morgan fingerprint density at radius 3 is 2.73 bits per heavy atom. The van der Waals surface area contributed by atoms with Crippen LogP contribution in [0.4, 0.5) is 0 Å². The van der Waals surface area contributed by atoms with Gasteiger partial charge in [0, 0.05) is 32.0 Å². The number of aromatic nitrogens is 2. The molecule has 4 nitrogen and oxygen atoms in total. The van der Waals surface area contributed by atoms with E-state index in [4.69, 9.17) is 0 Å². The van der Waals surface area contributed by atoms with Crippen molar-refractivity contribution in [1.29, 1.82) is 0 Å². The van der Waals surface area contributed by atoms with E-state index in [9.17, 15) is 4.79 Å². The molecule has 1 aliphatic rings. The van der Waals surface area contributed by atoms with E-state index in [0.29, 0.717) is 18.9 Å². The minimum absolute atomic E-state index is 0.253. The Balaban J connectivity index is 1.42. The van der Waals surface area contributed by atoms with E-state index < -0.39 is 0 Å². The van der Waals surface area contributed by atoms with Crippen molar-refractivity contribution in [2.24, 2.45) is 0 Å². The first-order valence-electron chi connectivity index (χ1n) is 9.47. The van der Waals surface area contributed by atoms with Crippen molar-refractivity contribution in [3.05, 3.63) is 66.0 Å². The van der Waals surface area contributed by atoms with Gasteiger partial charge in [0.15, 0.2) is 0 Å². The topological polar surface area (TPSA) is 38.1 Å². The third kappa shape index (κ3) is 3.36. The molecule has 0 aliphatic carbocycles. The number of carbonyl (C=O) groups excluding carboxylic acids is 1. The average Bonchev–Trinajstić information content (AvgIpc) is 3.02. The summed E-state index contributed by atoms with van der Waals surface area (Å²) in [6, 6.07) is 18.7. The largest absolute Gasteiger partial charge is 0.342 e. The molecule has 134 valence electrons. The molecule has 1 fully saturated rings. The molecule has 0 bridgehead atoms. The lowest BCUT2D eigenvalue weighted by Crippen LogP contribution is -2.39. The third-order valence-electron chi connectivity index (χ3n) is 5.44. The van der Waals surface area contributed by atoms with Crippen molar-refractivity contribution < 1.29 is 4.79 Å². The number of carbonyl (C=O) groups is 1. The molecule has 4 rings (SSSR count). The van der Waals surface area contributed by atoms with Gasteiger partial charge in [-0.2, -0.15) is 0 Å². The van der Waals surface area contributed by atoms with Gasteiger partial charge in [-0.15, -0.1) is 0 Å². The van der Waals surface area contributed by atoms with E-state index in [1.165, 1.54) is 12.0 Å². The highest BCUT2D eigenvalue weighted by Gasteiger charge is 2.24. The number of rotatable bonds is 4. The first-order chi connectivity index (χ1) is 12.7. The van der Waals surface area contributed by atoms with Gasteiger partial charge < -0.3 is 9.47 Å². The minimum Gasteiger partial charge on any atom is -0.342 e. The molecule has 2 heterocycles. The summed E-state index contributed by atoms with van der Waals surface area (Å²) >= 11 is 0. The summed E-state index contributed by atoms with van der Waals surface area (Å²) in [5.74, 6) is 1.69. The highest BCUT2D eigenvalue weighted by Crippen LogP contribution is 2.27. The van der Waals surface area contributed by atoms with Gasteiger partial charge in [-0.25, -0.2) is 4.98 Å². The maximum Gasteiger partial charge on any atom is 0.224 e. The van der Waals surface area contributed by atoms with Crippen LogP contribution in [0.3, 0.4) is 0 Å². The van der Waals surface area contributed by atoms with E-state index in [1.807, 2.05) is 31.2 Å². The van der Waals surface area contributed by atoms with Crippen molar-refractivity contribution in [3.8, 4) is 0 Å². The molecule has 0 spiro atoms. The van der Waals surface area contributed by atoms with Crippen molar-refractivity contribution in [2.75, 3.05) is 13.1 Å². The van der Waals surface area contributed by atoms with Crippen molar-refractivity contribution in [1.82, 2.24) is 14.5 Å². The number of hydrogen-bond donors (Lipinski definition) is 0. The highest BCUT2D eigenvalue weighted by atomic mass is 16.2. The molecule has 0 unspecified atom stereocenters. The SMILES string of the molecule is Cc1nc2ccccc2n1CCC(=O)N1CCC[C@@H](c2ccccc2)C1. The van der Waals surface area contributed by atoms with Gasteiger partial charge in [-0.1, -0.05) is 42.5 Å². The highest BCUT2D eigenvalue weighted by molar-refractivity contribution is 5.78. The molecule has 0 N–H and O–H groups in total. The summed E-state index contributed by atoms with van der Waals surface area (Å²) in [5, 5.41) is 0. The number of aryl methyl sites for hydroxylation is 2. The zero-order valence-corrected chi connectivity index (χ0v) is 15.3. The van der Waals surface area contributed by atoms with Crippen molar-refractivity contribution in [2.45, 2.75) is 38.6 Å². The summed E-state index contributed by atoms with van der Waals surface area (Å²) < 4.78 is 2.16. The third-order valence-corrected chi connectivity index (χ3v) is 5.44.